The molecule has 0 heterocycles. The summed E-state index contributed by atoms with van der Waals surface area (Å²) in [7, 11) is -4.31. The summed E-state index contributed by atoms with van der Waals surface area (Å²) in [6.45, 7) is 6.96. The molecule has 0 aliphatic heterocycles. The first-order valence-corrected chi connectivity index (χ1v) is 16.4. The molecule has 1 saturated carbocycles. The molecule has 0 bridgehead atoms. The highest BCUT2D eigenvalue weighted by molar-refractivity contribution is 7.59. The fraction of sp³-hybridized carbons (Fsp3) is 0.484. The molecule has 0 radical (unpaired) electrons. The molecule has 43 heavy (non-hydrogen) atoms. The second-order valence-corrected chi connectivity index (χ2v) is 14.2. The fourth-order valence-corrected chi connectivity index (χ4v) is 8.01. The van der Waals surface area contributed by atoms with Crippen LogP contribution in [0.4, 0.5) is 4.79 Å². The van der Waals surface area contributed by atoms with Crippen molar-refractivity contribution in [1.82, 2.24) is 16.0 Å². The molecule has 1 aliphatic rings. The monoisotopic (exact) mass is 614 g/mol. The Kier molecular flexibility index (Phi) is 11.9. The lowest BCUT2D eigenvalue weighted by Gasteiger charge is -2.32. The van der Waals surface area contributed by atoms with Crippen molar-refractivity contribution in [1.29, 1.82) is 0 Å². The molecule has 6 atom stereocenters. The van der Waals surface area contributed by atoms with Gasteiger partial charge < -0.3 is 31.3 Å². The maximum atomic E-state index is 14.3. The summed E-state index contributed by atoms with van der Waals surface area (Å²) in [4.78, 5) is 63.0. The standard InChI is InChI=1S/C31H43N4O7P/c1-19(2)25(27(32)36)33-29(38)26(20(3)4)34-28(37)23-16-11-17-24(23)43(40,41)30(22-14-9-6-10-15-22)35-31(39)42-18-21-12-7-5-8-13-21/h5-10,12-15,19-20,23-26,30H,11,16-18H2,1-4H3,(H2,32,36)(H,33,38)(H,34,37)(H,35,39)(H,40,41)/t23?,24?,25-,26-,30?/m0/s1. The largest absolute Gasteiger partial charge is 0.445 e. The minimum absolute atomic E-state index is 0.0234. The summed E-state index contributed by atoms with van der Waals surface area (Å²) in [5.41, 5.74) is 5.64. The van der Waals surface area contributed by atoms with Crippen LogP contribution in [-0.4, -0.2) is 46.5 Å². The number of nitrogens with two attached hydrogens (primary N) is 1. The molecule has 6 N–H and O–H groups in total. The maximum absolute atomic E-state index is 14.3. The highest BCUT2D eigenvalue weighted by atomic mass is 31.2. The number of ether oxygens (including phenoxy) is 1. The number of amides is 4. The van der Waals surface area contributed by atoms with Crippen LogP contribution in [0.1, 0.15) is 63.9 Å². The number of hydrogen-bond donors (Lipinski definition) is 5. The summed E-state index contributed by atoms with van der Waals surface area (Å²) < 4.78 is 19.6. The second kappa shape index (κ2) is 15.2. The number of carbonyl (C=O) groups excluding carboxylic acids is 4. The van der Waals surface area contributed by atoms with Crippen molar-refractivity contribution in [2.24, 2.45) is 23.5 Å². The number of primary amides is 1. The van der Waals surface area contributed by atoms with Crippen LogP contribution in [0.5, 0.6) is 0 Å². The van der Waals surface area contributed by atoms with Crippen molar-refractivity contribution >= 4 is 31.2 Å². The van der Waals surface area contributed by atoms with E-state index < -0.39 is 60.6 Å². The Balaban J connectivity index is 1.80. The first kappa shape index (κ1) is 33.8. The number of benzene rings is 2. The third-order valence-corrected chi connectivity index (χ3v) is 10.5. The summed E-state index contributed by atoms with van der Waals surface area (Å²) in [5.74, 6) is -4.58. The van der Waals surface area contributed by atoms with Crippen molar-refractivity contribution < 1.29 is 33.4 Å². The van der Waals surface area contributed by atoms with Gasteiger partial charge in [0.1, 0.15) is 24.5 Å². The van der Waals surface area contributed by atoms with E-state index in [1.165, 1.54) is 0 Å². The summed E-state index contributed by atoms with van der Waals surface area (Å²) in [6.07, 6.45) is 0.273. The second-order valence-electron chi connectivity index (χ2n) is 11.7. The molecule has 1 fully saturated rings. The predicted molar refractivity (Wildman–Crippen MR) is 163 cm³/mol. The number of rotatable bonds is 13. The molecule has 234 valence electrons. The van der Waals surface area contributed by atoms with E-state index >= 15 is 0 Å². The van der Waals surface area contributed by atoms with Gasteiger partial charge >= 0.3 is 6.09 Å². The maximum Gasteiger partial charge on any atom is 0.408 e. The van der Waals surface area contributed by atoms with Crippen LogP contribution in [-0.2, 0) is 30.3 Å². The van der Waals surface area contributed by atoms with Gasteiger partial charge in [-0.2, -0.15) is 0 Å². The highest BCUT2D eigenvalue weighted by Gasteiger charge is 2.49. The van der Waals surface area contributed by atoms with Crippen LogP contribution in [0.25, 0.3) is 0 Å². The third-order valence-electron chi connectivity index (χ3n) is 7.76. The van der Waals surface area contributed by atoms with Gasteiger partial charge in [-0.1, -0.05) is 94.8 Å². The van der Waals surface area contributed by atoms with Crippen molar-refractivity contribution in [2.75, 3.05) is 0 Å². The zero-order chi connectivity index (χ0) is 31.7. The molecule has 11 nitrogen and oxygen atoms in total. The fourth-order valence-electron chi connectivity index (χ4n) is 5.39. The van der Waals surface area contributed by atoms with Crippen molar-refractivity contribution in [3.63, 3.8) is 0 Å². The summed E-state index contributed by atoms with van der Waals surface area (Å²) in [5, 5.41) is 7.97. The Morgan fingerprint density at radius 3 is 2.02 bits per heavy atom. The number of hydrogen-bond acceptors (Lipinski definition) is 6. The zero-order valence-corrected chi connectivity index (χ0v) is 26.0. The van der Waals surface area contributed by atoms with Gasteiger partial charge in [0.15, 0.2) is 0 Å². The Morgan fingerprint density at radius 2 is 1.47 bits per heavy atom. The lowest BCUT2D eigenvalue weighted by molar-refractivity contribution is -0.134. The van der Waals surface area contributed by atoms with Gasteiger partial charge in [-0.3, -0.25) is 18.9 Å². The van der Waals surface area contributed by atoms with E-state index in [0.717, 1.165) is 5.56 Å². The summed E-state index contributed by atoms with van der Waals surface area (Å²) in [6, 6.07) is 15.5. The van der Waals surface area contributed by atoms with Crippen LogP contribution in [0.3, 0.4) is 0 Å². The molecule has 2 aromatic rings. The first-order valence-electron chi connectivity index (χ1n) is 14.6. The van der Waals surface area contributed by atoms with Crippen LogP contribution < -0.4 is 21.7 Å². The molecule has 2 aromatic carbocycles. The van der Waals surface area contributed by atoms with E-state index in [1.807, 2.05) is 18.2 Å². The van der Waals surface area contributed by atoms with Gasteiger partial charge in [0.2, 0.25) is 25.1 Å². The van der Waals surface area contributed by atoms with E-state index in [2.05, 4.69) is 16.0 Å². The van der Waals surface area contributed by atoms with Crippen molar-refractivity contribution in [3.05, 3.63) is 71.8 Å². The first-order chi connectivity index (χ1) is 20.3. The Morgan fingerprint density at radius 1 is 0.884 bits per heavy atom. The number of nitrogens with one attached hydrogen (secondary N) is 3. The number of carbonyl (C=O) groups is 4. The van der Waals surface area contributed by atoms with E-state index in [1.54, 1.807) is 70.2 Å². The molecular formula is C31H43N4O7P. The lowest BCUT2D eigenvalue weighted by atomic mass is 9.98. The molecule has 12 heteroatoms. The van der Waals surface area contributed by atoms with Gasteiger partial charge in [-0.05, 0) is 35.8 Å². The van der Waals surface area contributed by atoms with E-state index in [9.17, 15) is 28.6 Å². The highest BCUT2D eigenvalue weighted by Crippen LogP contribution is 2.63. The molecule has 0 spiro atoms. The minimum atomic E-state index is -4.31. The molecule has 4 unspecified atom stereocenters. The Hall–Kier alpha value is -3.69. The predicted octanol–water partition coefficient (Wildman–Crippen LogP) is 3.82. The summed E-state index contributed by atoms with van der Waals surface area (Å²) >= 11 is 0. The quantitative estimate of drug-likeness (QED) is 0.213. The lowest BCUT2D eigenvalue weighted by Crippen LogP contribution is -2.57. The van der Waals surface area contributed by atoms with Gasteiger partial charge in [-0.25, -0.2) is 4.79 Å². The smallest absolute Gasteiger partial charge is 0.408 e. The van der Waals surface area contributed by atoms with Crippen molar-refractivity contribution in [2.45, 2.75) is 77.1 Å². The van der Waals surface area contributed by atoms with Crippen LogP contribution >= 0.6 is 7.37 Å². The van der Waals surface area contributed by atoms with Gasteiger partial charge in [0.05, 0.1) is 0 Å². The van der Waals surface area contributed by atoms with Crippen molar-refractivity contribution in [3.8, 4) is 0 Å². The van der Waals surface area contributed by atoms with E-state index in [0.29, 0.717) is 18.4 Å². The van der Waals surface area contributed by atoms with Gasteiger partial charge in [0, 0.05) is 11.6 Å². The Labute approximate surface area is 252 Å². The van der Waals surface area contributed by atoms with Crippen LogP contribution in [0.2, 0.25) is 0 Å². The number of alkyl carbamates (subject to hydrolysis) is 1. The average molecular weight is 615 g/mol. The molecule has 4 amide bonds. The zero-order valence-electron chi connectivity index (χ0n) is 25.1. The topological polar surface area (TPSA) is 177 Å². The normalized spacial score (nSPS) is 20.0. The van der Waals surface area contributed by atoms with E-state index in [-0.39, 0.29) is 24.9 Å². The van der Waals surface area contributed by atoms with Crippen LogP contribution in [0.15, 0.2) is 60.7 Å². The van der Waals surface area contributed by atoms with Gasteiger partial charge in [0.25, 0.3) is 0 Å². The molecular weight excluding hydrogens is 571 g/mol. The molecule has 3 rings (SSSR count). The third kappa shape index (κ3) is 8.91. The SMILES string of the molecule is CC(C)[C@H](NC(=O)[C@@H](NC(=O)C1CCCC1P(=O)(O)C(NC(=O)OCc1ccccc1)c1ccccc1)C(C)C)C(N)=O. The van der Waals surface area contributed by atoms with E-state index in [4.69, 9.17) is 10.5 Å². The molecule has 1 aliphatic carbocycles. The molecule has 0 saturated heterocycles. The minimum Gasteiger partial charge on any atom is -0.445 e. The Bertz CT molecular complexity index is 1310. The molecule has 0 aromatic heterocycles. The van der Waals surface area contributed by atoms with Gasteiger partial charge in [-0.15, -0.1) is 0 Å². The average Bonchev–Trinajstić information content (AvgIpc) is 3.48. The van der Waals surface area contributed by atoms with Crippen LogP contribution in [0, 0.1) is 17.8 Å².